The van der Waals surface area contributed by atoms with Gasteiger partial charge in [-0.2, -0.15) is 0 Å². The molecule has 3 heterocycles. The molecule has 4 rings (SSSR count). The van der Waals surface area contributed by atoms with E-state index < -0.39 is 0 Å². The maximum absolute atomic E-state index is 13.3. The van der Waals surface area contributed by atoms with E-state index in [4.69, 9.17) is 11.2 Å². The van der Waals surface area contributed by atoms with Crippen LogP contribution in [0.1, 0.15) is 67.7 Å². The molecule has 0 saturated carbocycles. The Balaban J connectivity index is 1.55. The van der Waals surface area contributed by atoms with Gasteiger partial charge in [0, 0.05) is 41.7 Å². The van der Waals surface area contributed by atoms with Crippen molar-refractivity contribution in [3.63, 3.8) is 0 Å². The molecule has 1 aliphatic heterocycles. The van der Waals surface area contributed by atoms with E-state index in [0.29, 0.717) is 29.6 Å². The Morgan fingerprint density at radius 2 is 2.05 bits per heavy atom. The molecular weight excluding hydrogens is 514 g/mol. The summed E-state index contributed by atoms with van der Waals surface area (Å²) in [5.74, 6) is 2.83. The number of carbonyl (C=O) groups excluding carboxylic acids is 2. The molecular formula is C33H35N5O3. The summed E-state index contributed by atoms with van der Waals surface area (Å²) in [6.07, 6.45) is 17.8. The van der Waals surface area contributed by atoms with Crippen molar-refractivity contribution in [1.82, 2.24) is 15.0 Å². The largest absolute Gasteiger partial charge is 0.373 e. The van der Waals surface area contributed by atoms with Crippen molar-refractivity contribution in [2.24, 2.45) is 4.99 Å². The van der Waals surface area contributed by atoms with Crippen molar-refractivity contribution in [1.29, 1.82) is 0 Å². The third kappa shape index (κ3) is 8.19. The highest BCUT2D eigenvalue weighted by molar-refractivity contribution is 6.07. The maximum atomic E-state index is 13.3. The average molecular weight is 550 g/mol. The zero-order valence-electron chi connectivity index (χ0n) is 23.8. The molecule has 41 heavy (non-hydrogen) atoms. The normalized spacial score (nSPS) is 16.7. The van der Waals surface area contributed by atoms with E-state index >= 15 is 0 Å². The highest BCUT2D eigenvalue weighted by atomic mass is 16.5. The second-order valence-electron chi connectivity index (χ2n) is 10.0. The second-order valence-corrected chi connectivity index (χ2v) is 10.0. The van der Waals surface area contributed by atoms with Gasteiger partial charge < -0.3 is 15.0 Å². The van der Waals surface area contributed by atoms with Crippen molar-refractivity contribution < 1.29 is 14.3 Å². The van der Waals surface area contributed by atoms with E-state index in [1.165, 1.54) is 0 Å². The van der Waals surface area contributed by atoms with Crippen molar-refractivity contribution >= 4 is 46.0 Å². The van der Waals surface area contributed by atoms with E-state index in [1.54, 1.807) is 36.7 Å². The molecule has 3 aromatic rings. The Hall–Kier alpha value is -4.61. The van der Waals surface area contributed by atoms with Gasteiger partial charge in [0.05, 0.1) is 17.1 Å². The number of rotatable bonds is 6. The zero-order chi connectivity index (χ0) is 29.2. The van der Waals surface area contributed by atoms with Gasteiger partial charge in [-0.15, -0.1) is 6.42 Å². The van der Waals surface area contributed by atoms with Gasteiger partial charge in [-0.25, -0.2) is 9.97 Å². The van der Waals surface area contributed by atoms with Gasteiger partial charge in [0.1, 0.15) is 6.61 Å². The summed E-state index contributed by atoms with van der Waals surface area (Å²) in [4.78, 5) is 41.8. The fourth-order valence-electron chi connectivity index (χ4n) is 4.72. The lowest BCUT2D eigenvalue weighted by molar-refractivity contribution is -0.119. The van der Waals surface area contributed by atoms with Crippen LogP contribution in [-0.2, 0) is 9.53 Å². The fraction of sp³-hybridized carbons (Fsp3) is 0.303. The number of nitrogens with zero attached hydrogens (tertiary/aromatic N) is 3. The number of hydrogen-bond donors (Lipinski definition) is 2. The number of aliphatic imine (C=N–C) groups is 1. The summed E-state index contributed by atoms with van der Waals surface area (Å²) >= 11 is 0. The van der Waals surface area contributed by atoms with Crippen LogP contribution < -0.4 is 5.32 Å². The molecule has 0 spiro atoms. The van der Waals surface area contributed by atoms with Gasteiger partial charge in [-0.3, -0.25) is 14.6 Å². The number of fused-ring (bicyclic) bond motifs is 1. The molecule has 2 aromatic heterocycles. The molecule has 0 amide bonds. The Labute approximate surface area is 240 Å². The van der Waals surface area contributed by atoms with Gasteiger partial charge in [-0.1, -0.05) is 17.1 Å². The number of aromatic nitrogens is 3. The van der Waals surface area contributed by atoms with Gasteiger partial charge in [-0.05, 0) is 94.9 Å². The third-order valence-corrected chi connectivity index (χ3v) is 6.72. The van der Waals surface area contributed by atoms with Crippen molar-refractivity contribution in [3.05, 3.63) is 76.8 Å². The summed E-state index contributed by atoms with van der Waals surface area (Å²) in [6.45, 7) is 6.43. The van der Waals surface area contributed by atoms with Crippen LogP contribution in [0.2, 0.25) is 0 Å². The molecule has 8 heteroatoms. The van der Waals surface area contributed by atoms with E-state index in [0.717, 1.165) is 65.4 Å². The van der Waals surface area contributed by atoms with Gasteiger partial charge in [0.2, 0.25) is 11.7 Å². The van der Waals surface area contributed by atoms with E-state index in [1.807, 2.05) is 39.0 Å². The van der Waals surface area contributed by atoms with Crippen LogP contribution in [0.4, 0.5) is 11.6 Å². The number of nitrogens with one attached hydrogen (secondary N) is 2. The highest BCUT2D eigenvalue weighted by Crippen LogP contribution is 2.27. The van der Waals surface area contributed by atoms with Gasteiger partial charge >= 0.3 is 0 Å². The van der Waals surface area contributed by atoms with Crippen LogP contribution in [0.3, 0.4) is 0 Å². The van der Waals surface area contributed by atoms with Crippen LogP contribution in [0.5, 0.6) is 0 Å². The molecule has 0 aliphatic carbocycles. The molecule has 0 bridgehead atoms. The molecule has 0 saturated heterocycles. The van der Waals surface area contributed by atoms with E-state index in [9.17, 15) is 9.59 Å². The maximum Gasteiger partial charge on any atom is 0.227 e. The van der Waals surface area contributed by atoms with Crippen LogP contribution in [0, 0.1) is 19.3 Å². The molecule has 0 radical (unpaired) electrons. The molecule has 2 N–H and O–H groups in total. The summed E-state index contributed by atoms with van der Waals surface area (Å²) in [7, 11) is 0. The Morgan fingerprint density at radius 1 is 1.20 bits per heavy atom. The fourth-order valence-corrected chi connectivity index (χ4v) is 4.72. The molecule has 1 aromatic carbocycles. The molecule has 1 aliphatic rings. The number of terminal acetylenes is 1. The topological polar surface area (TPSA) is 109 Å². The average Bonchev–Trinajstić information content (AvgIpc) is 3.38. The predicted octanol–water partition coefficient (Wildman–Crippen LogP) is 6.68. The lowest BCUT2D eigenvalue weighted by Gasteiger charge is -2.10. The predicted molar refractivity (Wildman–Crippen MR) is 164 cm³/mol. The zero-order valence-corrected chi connectivity index (χ0v) is 23.8. The number of ketones is 2. The second kappa shape index (κ2) is 14.1. The molecule has 0 fully saturated rings. The standard InChI is InChI=1S/C33H35N5O3/c1-5-9-28(34-6-2)29-13-14-35-33(38-29)36-26-17-23(4)32-25(19-26)20-30(37-32)31(40)18-24-10-7-8-15-41-21-27(39)16-22(3)11-12-24/h1,6,9,13-14,16-20,37H,7-8,10-12,15,21H2,2-4H3,(H,35,36,38). The molecule has 8 nitrogen and oxygen atoms in total. The summed E-state index contributed by atoms with van der Waals surface area (Å²) in [5, 5.41) is 4.16. The van der Waals surface area contributed by atoms with E-state index in [2.05, 4.69) is 31.2 Å². The SMILES string of the molecule is C#CC=C(N=CC)c1ccnc(Nc2cc(C)c3[nH]c(C(=O)C=C4CCCCOCC(=O)C=C(C)CC4)cc3c2)n1. The number of hydrogen-bond acceptors (Lipinski definition) is 7. The first-order chi connectivity index (χ1) is 19.9. The quantitative estimate of drug-likeness (QED) is 0.154. The highest BCUT2D eigenvalue weighted by Gasteiger charge is 2.13. The number of carbonyl (C=O) groups is 2. The number of benzene rings is 1. The Bertz CT molecular complexity index is 1600. The summed E-state index contributed by atoms with van der Waals surface area (Å²) in [5.41, 5.74) is 6.46. The van der Waals surface area contributed by atoms with Crippen LogP contribution in [-0.4, -0.2) is 45.9 Å². The molecule has 0 atom stereocenters. The smallest absolute Gasteiger partial charge is 0.227 e. The number of H-pyrrole nitrogens is 1. The molecule has 0 unspecified atom stereocenters. The monoisotopic (exact) mass is 549 g/mol. The minimum atomic E-state index is -0.0634. The first-order valence-corrected chi connectivity index (χ1v) is 13.8. The number of ether oxygens (including phenoxy) is 1. The van der Waals surface area contributed by atoms with Crippen molar-refractivity contribution in [2.45, 2.75) is 52.9 Å². The van der Waals surface area contributed by atoms with Crippen LogP contribution in [0.25, 0.3) is 16.6 Å². The Kier molecular flexibility index (Phi) is 10.1. The first-order valence-electron chi connectivity index (χ1n) is 13.8. The number of anilines is 2. The van der Waals surface area contributed by atoms with Gasteiger partial charge in [0.15, 0.2) is 5.78 Å². The lowest BCUT2D eigenvalue weighted by atomic mass is 9.98. The number of aromatic amines is 1. The van der Waals surface area contributed by atoms with Crippen molar-refractivity contribution in [3.8, 4) is 12.3 Å². The van der Waals surface area contributed by atoms with Gasteiger partial charge in [0.25, 0.3) is 0 Å². The number of allylic oxidation sites excluding steroid dienone is 4. The minimum absolute atomic E-state index is 0.0117. The van der Waals surface area contributed by atoms with E-state index in [-0.39, 0.29) is 18.2 Å². The minimum Gasteiger partial charge on any atom is -0.373 e. The molecule has 210 valence electrons. The lowest BCUT2D eigenvalue weighted by Crippen LogP contribution is -2.08. The Morgan fingerprint density at radius 3 is 2.85 bits per heavy atom. The third-order valence-electron chi connectivity index (χ3n) is 6.72. The van der Waals surface area contributed by atoms with Crippen LogP contribution in [0.15, 0.2) is 64.8 Å². The number of aryl methyl sites for hydroxylation is 1. The van der Waals surface area contributed by atoms with Crippen molar-refractivity contribution in [2.75, 3.05) is 18.5 Å². The summed E-state index contributed by atoms with van der Waals surface area (Å²) < 4.78 is 5.47. The first kappa shape index (κ1) is 29.4. The summed E-state index contributed by atoms with van der Waals surface area (Å²) in [6, 6.07) is 7.57. The van der Waals surface area contributed by atoms with Crippen LogP contribution >= 0.6 is 0 Å².